The van der Waals surface area contributed by atoms with Gasteiger partial charge in [-0.15, -0.1) is 0 Å². The number of nitrogens with zero attached hydrogens (tertiary/aromatic N) is 2. The standard InChI is InChI=1S/C70H56N2/c1-45-19-7-17-29-67(45)71(57-35-31-51(32-36-57)65-43-53-21-9-11-23-59(53)61-25-13-15-27-63(61)65)69-47(3)39-55(40-48(69)4)56-41-49(5)70(50(6)42-56)72(68-30-18-8-20-46(68)2)58-37-33-52(34-38-58)66-44-54-22-10-12-24-60(54)62-26-14-16-28-64(62)66/h7-44H,1-6H3. The summed E-state index contributed by atoms with van der Waals surface area (Å²) in [4.78, 5) is 4.92. The first-order valence-electron chi connectivity index (χ1n) is 25.2. The normalized spacial score (nSPS) is 11.5. The Morgan fingerprint density at radius 3 is 0.903 bits per heavy atom. The molecule has 0 aliphatic heterocycles. The van der Waals surface area contributed by atoms with Crippen molar-refractivity contribution in [2.75, 3.05) is 9.80 Å². The van der Waals surface area contributed by atoms with Gasteiger partial charge in [-0.2, -0.15) is 0 Å². The van der Waals surface area contributed by atoms with Crippen LogP contribution in [-0.4, -0.2) is 0 Å². The molecule has 72 heavy (non-hydrogen) atoms. The first-order chi connectivity index (χ1) is 35.2. The van der Waals surface area contributed by atoms with Gasteiger partial charge in [-0.3, -0.25) is 0 Å². The van der Waals surface area contributed by atoms with Crippen molar-refractivity contribution in [2.24, 2.45) is 0 Å². The molecule has 0 unspecified atom stereocenters. The summed E-state index contributed by atoms with van der Waals surface area (Å²) in [5, 5.41) is 10.2. The predicted octanol–water partition coefficient (Wildman–Crippen LogP) is 20.1. The monoisotopic (exact) mass is 924 g/mol. The van der Waals surface area contributed by atoms with Gasteiger partial charge in [0, 0.05) is 22.7 Å². The average Bonchev–Trinajstić information content (AvgIpc) is 3.41. The summed E-state index contributed by atoms with van der Waals surface area (Å²) in [6, 6.07) is 85.1. The van der Waals surface area contributed by atoms with E-state index in [0.717, 1.165) is 11.4 Å². The maximum Gasteiger partial charge on any atom is 0.0520 e. The molecule has 0 aromatic heterocycles. The summed E-state index contributed by atoms with van der Waals surface area (Å²) in [5.41, 5.74) is 21.7. The van der Waals surface area contributed by atoms with Crippen molar-refractivity contribution in [3.05, 3.63) is 264 Å². The van der Waals surface area contributed by atoms with E-state index in [0.29, 0.717) is 0 Å². The highest BCUT2D eigenvalue weighted by atomic mass is 15.2. The molecule has 0 N–H and O–H groups in total. The minimum atomic E-state index is 1.13. The summed E-state index contributed by atoms with van der Waals surface area (Å²) in [7, 11) is 0. The Bertz CT molecular complexity index is 3740. The molecule has 12 rings (SSSR count). The van der Waals surface area contributed by atoms with E-state index >= 15 is 0 Å². The van der Waals surface area contributed by atoms with Gasteiger partial charge in [-0.1, -0.05) is 158 Å². The lowest BCUT2D eigenvalue weighted by Gasteiger charge is -2.31. The molecule has 0 saturated carbocycles. The van der Waals surface area contributed by atoms with Gasteiger partial charge in [-0.25, -0.2) is 0 Å². The quantitative estimate of drug-likeness (QED) is 0.133. The Hall–Kier alpha value is -8.72. The third-order valence-electron chi connectivity index (χ3n) is 14.9. The van der Waals surface area contributed by atoms with Crippen LogP contribution in [0, 0.1) is 41.5 Å². The number of hydrogen-bond acceptors (Lipinski definition) is 2. The van der Waals surface area contributed by atoms with Crippen LogP contribution < -0.4 is 9.80 Å². The van der Waals surface area contributed by atoms with Gasteiger partial charge in [0.1, 0.15) is 0 Å². The molecule has 0 heterocycles. The minimum absolute atomic E-state index is 1.13. The molecule has 0 fully saturated rings. The molecule has 0 saturated heterocycles. The van der Waals surface area contributed by atoms with Crippen LogP contribution in [0.1, 0.15) is 33.4 Å². The lowest BCUT2D eigenvalue weighted by atomic mass is 9.92. The lowest BCUT2D eigenvalue weighted by Crippen LogP contribution is -2.14. The van der Waals surface area contributed by atoms with E-state index in [4.69, 9.17) is 0 Å². The van der Waals surface area contributed by atoms with Crippen molar-refractivity contribution in [1.82, 2.24) is 0 Å². The van der Waals surface area contributed by atoms with Crippen LogP contribution in [0.5, 0.6) is 0 Å². The minimum Gasteiger partial charge on any atom is -0.310 e. The molecule has 0 aliphatic rings. The smallest absolute Gasteiger partial charge is 0.0520 e. The van der Waals surface area contributed by atoms with Gasteiger partial charge in [-0.05, 0) is 224 Å². The van der Waals surface area contributed by atoms with Crippen LogP contribution in [0.3, 0.4) is 0 Å². The largest absolute Gasteiger partial charge is 0.310 e. The number of rotatable bonds is 9. The van der Waals surface area contributed by atoms with Gasteiger partial charge in [0.2, 0.25) is 0 Å². The van der Waals surface area contributed by atoms with Crippen molar-refractivity contribution in [3.63, 3.8) is 0 Å². The fraction of sp³-hybridized carbons (Fsp3) is 0.0857. The molecule has 0 atom stereocenters. The summed E-state index contributed by atoms with van der Waals surface area (Å²) < 4.78 is 0. The van der Waals surface area contributed by atoms with E-state index in [1.165, 1.54) is 133 Å². The Morgan fingerprint density at radius 2 is 0.542 bits per heavy atom. The van der Waals surface area contributed by atoms with Gasteiger partial charge in [0.15, 0.2) is 0 Å². The van der Waals surface area contributed by atoms with Crippen molar-refractivity contribution in [2.45, 2.75) is 41.5 Å². The Labute approximate surface area is 423 Å². The number of para-hydroxylation sites is 2. The van der Waals surface area contributed by atoms with Crippen molar-refractivity contribution in [3.8, 4) is 33.4 Å². The molecule has 346 valence electrons. The number of fused-ring (bicyclic) bond motifs is 6. The lowest BCUT2D eigenvalue weighted by molar-refractivity contribution is 1.19. The highest BCUT2D eigenvalue weighted by molar-refractivity contribution is 6.15. The fourth-order valence-corrected chi connectivity index (χ4v) is 11.5. The van der Waals surface area contributed by atoms with Gasteiger partial charge in [0.05, 0.1) is 11.4 Å². The predicted molar refractivity (Wildman–Crippen MR) is 311 cm³/mol. The maximum absolute atomic E-state index is 2.46. The molecule has 12 aromatic rings. The van der Waals surface area contributed by atoms with E-state index < -0.39 is 0 Å². The Balaban J connectivity index is 0.916. The first kappa shape index (κ1) is 44.5. The van der Waals surface area contributed by atoms with E-state index in [1.807, 2.05) is 0 Å². The second-order valence-electron chi connectivity index (χ2n) is 19.6. The van der Waals surface area contributed by atoms with Gasteiger partial charge < -0.3 is 9.80 Å². The number of hydrogen-bond donors (Lipinski definition) is 0. The Morgan fingerprint density at radius 1 is 0.236 bits per heavy atom. The van der Waals surface area contributed by atoms with Crippen molar-refractivity contribution >= 4 is 77.2 Å². The molecule has 12 aromatic carbocycles. The summed E-state index contributed by atoms with van der Waals surface area (Å²) in [6.45, 7) is 13.5. The topological polar surface area (TPSA) is 6.48 Å². The van der Waals surface area contributed by atoms with Crippen LogP contribution >= 0.6 is 0 Å². The SMILES string of the molecule is Cc1ccccc1N(c1ccc(-c2cc3ccccc3c3ccccc23)cc1)c1c(C)cc(-c2cc(C)c(N(c3ccc(-c4cc5ccccc5c5ccccc45)cc3)c3ccccc3C)c(C)c2)cc1C. The van der Waals surface area contributed by atoms with Crippen LogP contribution in [-0.2, 0) is 0 Å². The molecular formula is C70H56N2. The van der Waals surface area contributed by atoms with E-state index in [1.54, 1.807) is 0 Å². The third-order valence-corrected chi connectivity index (χ3v) is 14.9. The van der Waals surface area contributed by atoms with Crippen LogP contribution in [0.2, 0.25) is 0 Å². The zero-order valence-corrected chi connectivity index (χ0v) is 41.8. The summed E-state index contributed by atoms with van der Waals surface area (Å²) >= 11 is 0. The second-order valence-corrected chi connectivity index (χ2v) is 19.6. The average molecular weight is 925 g/mol. The first-order valence-corrected chi connectivity index (χ1v) is 25.2. The zero-order valence-electron chi connectivity index (χ0n) is 41.8. The Kier molecular flexibility index (Phi) is 11.3. The van der Waals surface area contributed by atoms with Gasteiger partial charge >= 0.3 is 0 Å². The molecule has 2 nitrogen and oxygen atoms in total. The molecule has 0 radical (unpaired) electrons. The molecule has 2 heteroatoms. The molecule has 0 amide bonds. The van der Waals surface area contributed by atoms with Crippen LogP contribution in [0.25, 0.3) is 76.5 Å². The van der Waals surface area contributed by atoms with Crippen molar-refractivity contribution < 1.29 is 0 Å². The number of aryl methyl sites for hydroxylation is 6. The zero-order chi connectivity index (χ0) is 49.0. The molecule has 0 aliphatic carbocycles. The number of anilines is 6. The summed E-state index contributed by atoms with van der Waals surface area (Å²) in [5.74, 6) is 0. The maximum atomic E-state index is 2.46. The fourth-order valence-electron chi connectivity index (χ4n) is 11.5. The van der Waals surface area contributed by atoms with E-state index in [-0.39, 0.29) is 0 Å². The number of benzene rings is 12. The van der Waals surface area contributed by atoms with Gasteiger partial charge in [0.25, 0.3) is 0 Å². The van der Waals surface area contributed by atoms with Crippen LogP contribution in [0.15, 0.2) is 231 Å². The second kappa shape index (κ2) is 18.2. The van der Waals surface area contributed by atoms with Crippen LogP contribution in [0.4, 0.5) is 34.1 Å². The van der Waals surface area contributed by atoms with E-state index in [2.05, 4.69) is 282 Å². The van der Waals surface area contributed by atoms with Crippen molar-refractivity contribution in [1.29, 1.82) is 0 Å². The summed E-state index contributed by atoms with van der Waals surface area (Å²) in [6.07, 6.45) is 0. The molecule has 0 spiro atoms. The third kappa shape index (κ3) is 7.77. The molecular weight excluding hydrogens is 869 g/mol. The highest BCUT2D eigenvalue weighted by Crippen LogP contribution is 2.46. The molecule has 0 bridgehead atoms. The highest BCUT2D eigenvalue weighted by Gasteiger charge is 2.23. The van der Waals surface area contributed by atoms with E-state index in [9.17, 15) is 0 Å².